The third-order valence-corrected chi connectivity index (χ3v) is 9.59. The third-order valence-electron chi connectivity index (χ3n) is 7.03. The Labute approximate surface area is 259 Å². The summed E-state index contributed by atoms with van der Waals surface area (Å²) < 4.78 is 17.0. The van der Waals surface area contributed by atoms with Gasteiger partial charge in [-0.1, -0.05) is 103 Å². The van der Waals surface area contributed by atoms with Gasteiger partial charge in [-0.2, -0.15) is 0 Å². The molecule has 5 aromatic rings. The summed E-state index contributed by atoms with van der Waals surface area (Å²) in [5, 5.41) is 12.4. The Kier molecular flexibility index (Phi) is 11.3. The molecule has 0 aliphatic carbocycles. The van der Waals surface area contributed by atoms with Gasteiger partial charge in [0.1, 0.15) is 17.2 Å². The molecule has 0 spiro atoms. The molecule has 0 saturated heterocycles. The lowest BCUT2D eigenvalue weighted by atomic mass is 9.96. The summed E-state index contributed by atoms with van der Waals surface area (Å²) in [4.78, 5) is 23.2. The van der Waals surface area contributed by atoms with E-state index in [0.29, 0.717) is 16.7 Å². The molecule has 1 N–H and O–H groups in total. The van der Waals surface area contributed by atoms with E-state index in [2.05, 4.69) is 18.2 Å². The average molecular weight is 607 g/mol. The van der Waals surface area contributed by atoms with Crippen molar-refractivity contribution >= 4 is 35.6 Å². The Morgan fingerprint density at radius 3 is 1.41 bits per heavy atom. The van der Waals surface area contributed by atoms with E-state index >= 15 is 0 Å². The Bertz CT molecular complexity index is 1590. The van der Waals surface area contributed by atoms with Crippen molar-refractivity contribution in [2.75, 3.05) is 21.3 Å². The lowest BCUT2D eigenvalue weighted by Gasteiger charge is -2.24. The number of carbonyl (C=O) groups excluding carboxylic acids is 1. The van der Waals surface area contributed by atoms with Crippen LogP contribution in [0.4, 0.5) is 0 Å². The molecule has 0 amide bonds. The van der Waals surface area contributed by atoms with Gasteiger partial charge in [0.05, 0.1) is 27.2 Å². The Morgan fingerprint density at radius 2 is 0.977 bits per heavy atom. The normalized spacial score (nSPS) is 11.1. The van der Waals surface area contributed by atoms with Crippen molar-refractivity contribution in [3.63, 3.8) is 0 Å². The number of ether oxygens (including phenoxy) is 3. The van der Waals surface area contributed by atoms with Crippen LogP contribution in [0.25, 0.3) is 0 Å². The predicted molar refractivity (Wildman–Crippen MR) is 177 cm³/mol. The topological polar surface area (TPSA) is 82.1 Å². The van der Waals surface area contributed by atoms with Gasteiger partial charge in [0.15, 0.2) is 5.78 Å². The van der Waals surface area contributed by atoms with E-state index in [9.17, 15) is 9.59 Å². The van der Waals surface area contributed by atoms with Crippen molar-refractivity contribution in [2.24, 2.45) is 0 Å². The second-order valence-electron chi connectivity index (χ2n) is 9.73. The van der Waals surface area contributed by atoms with Crippen LogP contribution in [0.15, 0.2) is 127 Å². The summed E-state index contributed by atoms with van der Waals surface area (Å²) in [6.07, 6.45) is 0. The fourth-order valence-electron chi connectivity index (χ4n) is 4.68. The molecule has 0 aliphatic heterocycles. The van der Waals surface area contributed by atoms with Gasteiger partial charge in [-0.25, -0.2) is 0 Å². The molecular formula is C37H35O6P. The van der Waals surface area contributed by atoms with Crippen LogP contribution < -0.4 is 30.1 Å². The number of benzene rings is 5. The second kappa shape index (κ2) is 15.5. The van der Waals surface area contributed by atoms with Gasteiger partial charge in [-0.3, -0.25) is 9.59 Å². The minimum absolute atomic E-state index is 0.0972. The number of methoxy groups -OCH3 is 3. The number of para-hydroxylation sites is 3. The van der Waals surface area contributed by atoms with Crippen LogP contribution in [-0.2, 0) is 4.79 Å². The van der Waals surface area contributed by atoms with E-state index in [4.69, 9.17) is 19.3 Å². The summed E-state index contributed by atoms with van der Waals surface area (Å²) in [7, 11) is 4.21. The highest BCUT2D eigenvalue weighted by atomic mass is 31.1. The lowest BCUT2D eigenvalue weighted by Crippen LogP contribution is -2.24. The maximum absolute atomic E-state index is 12.2. The van der Waals surface area contributed by atoms with Crippen LogP contribution in [0.3, 0.4) is 0 Å². The van der Waals surface area contributed by atoms with E-state index in [-0.39, 0.29) is 5.78 Å². The van der Waals surface area contributed by atoms with Crippen molar-refractivity contribution in [2.45, 2.75) is 12.8 Å². The summed E-state index contributed by atoms with van der Waals surface area (Å²) >= 11 is 0. The van der Waals surface area contributed by atoms with Crippen LogP contribution in [0.5, 0.6) is 17.2 Å². The van der Waals surface area contributed by atoms with Gasteiger partial charge < -0.3 is 19.3 Å². The zero-order chi connectivity index (χ0) is 31.5. The van der Waals surface area contributed by atoms with Gasteiger partial charge >= 0.3 is 5.97 Å². The first kappa shape index (κ1) is 32.0. The fourth-order valence-corrected chi connectivity index (χ4v) is 7.32. The smallest absolute Gasteiger partial charge is 0.310 e. The first-order valence-electron chi connectivity index (χ1n) is 14.0. The minimum atomic E-state index is -0.901. The second-order valence-corrected chi connectivity index (χ2v) is 11.8. The molecule has 5 rings (SSSR count). The highest BCUT2D eigenvalue weighted by molar-refractivity contribution is 7.80. The first-order chi connectivity index (χ1) is 21.4. The predicted octanol–water partition coefficient (Wildman–Crippen LogP) is 6.58. The lowest BCUT2D eigenvalue weighted by molar-refractivity contribution is -0.138. The van der Waals surface area contributed by atoms with E-state index in [0.717, 1.165) is 33.2 Å². The average Bonchev–Trinajstić information content (AvgIpc) is 3.09. The zero-order valence-electron chi connectivity index (χ0n) is 25.1. The summed E-state index contributed by atoms with van der Waals surface area (Å²) in [5.74, 6) is 0.981. The van der Waals surface area contributed by atoms with E-state index in [1.807, 2.05) is 60.7 Å². The number of hydrogen-bond acceptors (Lipinski definition) is 5. The van der Waals surface area contributed by atoms with Gasteiger partial charge in [-0.15, -0.1) is 0 Å². The SMILES string of the molecule is CC(C(=O)O)c1cccc(C(=O)c2ccccc2)c1.COc1ccccc1P(c1ccccc1OC)c1ccccc1OC. The highest BCUT2D eigenvalue weighted by Gasteiger charge is 2.25. The molecule has 0 aromatic heterocycles. The van der Waals surface area contributed by atoms with Gasteiger partial charge in [0, 0.05) is 27.0 Å². The molecular weight excluding hydrogens is 571 g/mol. The number of ketones is 1. The Morgan fingerprint density at radius 1 is 0.568 bits per heavy atom. The molecule has 0 heterocycles. The quantitative estimate of drug-likeness (QED) is 0.143. The summed E-state index contributed by atoms with van der Waals surface area (Å²) in [6, 6.07) is 40.1. The van der Waals surface area contributed by atoms with E-state index in [1.165, 1.54) is 0 Å². The van der Waals surface area contributed by atoms with Crippen molar-refractivity contribution in [3.8, 4) is 17.2 Å². The van der Waals surface area contributed by atoms with Crippen LogP contribution in [0.1, 0.15) is 34.3 Å². The number of aliphatic carboxylic acids is 1. The van der Waals surface area contributed by atoms with Gasteiger partial charge in [0.2, 0.25) is 0 Å². The number of hydrogen-bond donors (Lipinski definition) is 1. The molecule has 6 nitrogen and oxygen atoms in total. The van der Waals surface area contributed by atoms with E-state index in [1.54, 1.807) is 76.8 Å². The largest absolute Gasteiger partial charge is 0.496 e. The van der Waals surface area contributed by atoms with Crippen LogP contribution in [0.2, 0.25) is 0 Å². The zero-order valence-corrected chi connectivity index (χ0v) is 26.0. The number of carbonyl (C=O) groups is 2. The van der Waals surface area contributed by atoms with Crippen molar-refractivity contribution in [3.05, 3.63) is 144 Å². The first-order valence-corrected chi connectivity index (χ1v) is 15.4. The molecule has 7 heteroatoms. The van der Waals surface area contributed by atoms with Crippen LogP contribution in [-0.4, -0.2) is 38.2 Å². The number of carboxylic acids is 1. The molecule has 0 bridgehead atoms. The molecule has 1 unspecified atom stereocenters. The van der Waals surface area contributed by atoms with Gasteiger partial charge in [0.25, 0.3) is 0 Å². The van der Waals surface area contributed by atoms with Crippen molar-refractivity contribution < 1.29 is 28.9 Å². The third kappa shape index (κ3) is 7.52. The Balaban J connectivity index is 0.000000209. The van der Waals surface area contributed by atoms with Crippen molar-refractivity contribution in [1.82, 2.24) is 0 Å². The summed E-state index contributed by atoms with van der Waals surface area (Å²) in [5.41, 5.74) is 1.74. The molecule has 0 aliphatic rings. The molecule has 0 radical (unpaired) electrons. The van der Waals surface area contributed by atoms with E-state index < -0.39 is 19.8 Å². The Hall–Kier alpha value is -4.93. The summed E-state index contributed by atoms with van der Waals surface area (Å²) in [6.45, 7) is 1.61. The molecule has 224 valence electrons. The maximum Gasteiger partial charge on any atom is 0.310 e. The molecule has 1 atom stereocenters. The van der Waals surface area contributed by atoms with Crippen molar-refractivity contribution in [1.29, 1.82) is 0 Å². The highest BCUT2D eigenvalue weighted by Crippen LogP contribution is 2.41. The van der Waals surface area contributed by atoms with Gasteiger partial charge in [-0.05, 0) is 44.7 Å². The minimum Gasteiger partial charge on any atom is -0.496 e. The molecule has 0 saturated carbocycles. The number of carboxylic acid groups (broad SMARTS) is 1. The molecule has 0 fully saturated rings. The monoisotopic (exact) mass is 606 g/mol. The fraction of sp³-hybridized carbons (Fsp3) is 0.135. The number of rotatable bonds is 10. The maximum atomic E-state index is 12.2. The standard InChI is InChI=1S/C21H21O3P.C16H14O3/c1-22-16-10-4-7-13-19(16)25(20-14-8-5-11-17(20)23-2)21-15-9-6-12-18(21)24-3;1-11(16(18)19)13-8-5-9-14(10-13)15(17)12-6-3-2-4-7-12/h4-15H,1-3H3;2-11H,1H3,(H,18,19). The molecule has 44 heavy (non-hydrogen) atoms. The molecule has 5 aromatic carbocycles. The van der Waals surface area contributed by atoms with Crippen LogP contribution in [0, 0.1) is 0 Å². The van der Waals surface area contributed by atoms with Crippen LogP contribution >= 0.6 is 7.92 Å².